The first-order valence-electron chi connectivity index (χ1n) is 4.81. The zero-order chi connectivity index (χ0) is 9.97. The van der Waals surface area contributed by atoms with E-state index in [0.717, 1.165) is 18.7 Å². The molecule has 0 bridgehead atoms. The van der Waals surface area contributed by atoms with E-state index in [1.807, 2.05) is 12.1 Å². The van der Waals surface area contributed by atoms with Gasteiger partial charge in [0.1, 0.15) is 0 Å². The summed E-state index contributed by atoms with van der Waals surface area (Å²) in [5.41, 5.74) is 10.3. The minimum atomic E-state index is 0.601. The van der Waals surface area contributed by atoms with Gasteiger partial charge in [-0.05, 0) is 48.3 Å². The molecule has 0 saturated carbocycles. The lowest BCUT2D eigenvalue weighted by Crippen LogP contribution is -2.05. The van der Waals surface area contributed by atoms with Gasteiger partial charge in [0, 0.05) is 5.69 Å². The van der Waals surface area contributed by atoms with Crippen molar-refractivity contribution in [1.29, 1.82) is 0 Å². The van der Waals surface area contributed by atoms with E-state index >= 15 is 0 Å². The molecule has 0 fully saturated rings. The van der Waals surface area contributed by atoms with Crippen LogP contribution in [-0.4, -0.2) is 13.2 Å². The van der Waals surface area contributed by atoms with Crippen LogP contribution in [0.3, 0.4) is 0 Å². The molecule has 2 heteroatoms. The standard InChI is InChI=1S/C12H14NO/c1-9-2-3-11(13)8-12(9)10-4-6-14-7-5-10/h2-3,8H,4,6-7,13H2,1H3. The Labute approximate surface area is 84.4 Å². The molecule has 0 unspecified atom stereocenters. The van der Waals surface area contributed by atoms with Gasteiger partial charge in [-0.15, -0.1) is 0 Å². The van der Waals surface area contributed by atoms with E-state index in [1.165, 1.54) is 16.7 Å². The molecule has 2 rings (SSSR count). The Morgan fingerprint density at radius 2 is 2.29 bits per heavy atom. The topological polar surface area (TPSA) is 35.2 Å². The zero-order valence-electron chi connectivity index (χ0n) is 8.34. The fourth-order valence-corrected chi connectivity index (χ4v) is 1.67. The molecule has 14 heavy (non-hydrogen) atoms. The average Bonchev–Trinajstić information content (AvgIpc) is 2.23. The van der Waals surface area contributed by atoms with Gasteiger partial charge in [0.25, 0.3) is 0 Å². The highest BCUT2D eigenvalue weighted by Crippen LogP contribution is 2.25. The smallest absolute Gasteiger partial charge is 0.0723 e. The van der Waals surface area contributed by atoms with E-state index in [9.17, 15) is 0 Å². The molecule has 1 aliphatic rings. The second-order valence-electron chi connectivity index (χ2n) is 3.53. The minimum Gasteiger partial charge on any atom is -0.399 e. The van der Waals surface area contributed by atoms with Crippen LogP contribution in [0.15, 0.2) is 18.2 Å². The van der Waals surface area contributed by atoms with E-state index < -0.39 is 0 Å². The first-order valence-corrected chi connectivity index (χ1v) is 4.81. The van der Waals surface area contributed by atoms with Crippen molar-refractivity contribution >= 4 is 11.3 Å². The highest BCUT2D eigenvalue weighted by molar-refractivity contribution is 5.69. The molecule has 2 nitrogen and oxygen atoms in total. The molecule has 0 amide bonds. The number of nitrogen functional groups attached to an aromatic ring is 1. The average molecular weight is 188 g/mol. The van der Waals surface area contributed by atoms with Gasteiger partial charge in [-0.25, -0.2) is 0 Å². The highest BCUT2D eigenvalue weighted by atomic mass is 16.5. The Morgan fingerprint density at radius 1 is 1.43 bits per heavy atom. The Hall–Kier alpha value is -1.28. The molecular formula is C12H14NO. The van der Waals surface area contributed by atoms with Crippen LogP contribution >= 0.6 is 0 Å². The van der Waals surface area contributed by atoms with Crippen molar-refractivity contribution < 1.29 is 4.74 Å². The second kappa shape index (κ2) is 3.84. The molecule has 1 aromatic rings. The number of hydrogen-bond donors (Lipinski definition) is 1. The summed E-state index contributed by atoms with van der Waals surface area (Å²) in [4.78, 5) is 0. The maximum atomic E-state index is 5.76. The van der Waals surface area contributed by atoms with Crippen LogP contribution in [0.5, 0.6) is 0 Å². The number of anilines is 1. The van der Waals surface area contributed by atoms with Crippen LogP contribution in [0.1, 0.15) is 17.5 Å². The second-order valence-corrected chi connectivity index (χ2v) is 3.53. The molecular weight excluding hydrogens is 174 g/mol. The summed E-state index contributed by atoms with van der Waals surface area (Å²) in [7, 11) is 0. The van der Waals surface area contributed by atoms with Gasteiger partial charge in [0.05, 0.1) is 13.2 Å². The minimum absolute atomic E-state index is 0.601. The molecule has 2 N–H and O–H groups in total. The van der Waals surface area contributed by atoms with Crippen molar-refractivity contribution in [3.05, 3.63) is 35.4 Å². The quantitative estimate of drug-likeness (QED) is 0.685. The van der Waals surface area contributed by atoms with Crippen molar-refractivity contribution in [2.45, 2.75) is 13.3 Å². The maximum Gasteiger partial charge on any atom is 0.0723 e. The largest absolute Gasteiger partial charge is 0.399 e. The van der Waals surface area contributed by atoms with Gasteiger partial charge >= 0.3 is 0 Å². The SMILES string of the molecule is Cc1ccc(N)cc1C1=[C]COCC1. The summed E-state index contributed by atoms with van der Waals surface area (Å²) in [5.74, 6) is 0. The molecule has 0 atom stereocenters. The van der Waals surface area contributed by atoms with Crippen molar-refractivity contribution in [3.63, 3.8) is 0 Å². The summed E-state index contributed by atoms with van der Waals surface area (Å²) >= 11 is 0. The number of aryl methyl sites for hydroxylation is 1. The molecule has 0 aromatic heterocycles. The lowest BCUT2D eigenvalue weighted by Gasteiger charge is -2.15. The summed E-state index contributed by atoms with van der Waals surface area (Å²) < 4.78 is 5.23. The van der Waals surface area contributed by atoms with Crippen LogP contribution in [-0.2, 0) is 4.74 Å². The van der Waals surface area contributed by atoms with Crippen LogP contribution in [0, 0.1) is 13.0 Å². The molecule has 73 valence electrons. The number of benzene rings is 1. The van der Waals surface area contributed by atoms with E-state index in [2.05, 4.69) is 19.1 Å². The molecule has 0 aliphatic carbocycles. The first-order chi connectivity index (χ1) is 6.77. The van der Waals surface area contributed by atoms with Crippen LogP contribution in [0.25, 0.3) is 5.57 Å². The van der Waals surface area contributed by atoms with E-state index in [4.69, 9.17) is 10.5 Å². The van der Waals surface area contributed by atoms with E-state index in [-0.39, 0.29) is 0 Å². The highest BCUT2D eigenvalue weighted by Gasteiger charge is 2.09. The number of hydrogen-bond acceptors (Lipinski definition) is 2. The number of rotatable bonds is 1. The fraction of sp³-hybridized carbons (Fsp3) is 0.333. The normalized spacial score (nSPS) is 16.5. The first kappa shape index (κ1) is 9.28. The number of nitrogens with two attached hydrogens (primary N) is 1. The third-order valence-electron chi connectivity index (χ3n) is 2.47. The lowest BCUT2D eigenvalue weighted by atomic mass is 9.97. The zero-order valence-corrected chi connectivity index (χ0v) is 8.34. The predicted molar refractivity (Wildman–Crippen MR) is 57.7 cm³/mol. The van der Waals surface area contributed by atoms with Crippen LogP contribution < -0.4 is 5.73 Å². The Bertz CT molecular complexity index is 369. The van der Waals surface area contributed by atoms with Gasteiger partial charge in [0.2, 0.25) is 0 Å². The Balaban J connectivity index is 2.39. The maximum absolute atomic E-state index is 5.76. The van der Waals surface area contributed by atoms with E-state index in [0.29, 0.717) is 6.61 Å². The van der Waals surface area contributed by atoms with E-state index in [1.54, 1.807) is 0 Å². The third-order valence-corrected chi connectivity index (χ3v) is 2.47. The summed E-state index contributed by atoms with van der Waals surface area (Å²) in [6.45, 7) is 3.49. The molecule has 1 aromatic carbocycles. The Kier molecular flexibility index (Phi) is 2.55. The predicted octanol–water partition coefficient (Wildman–Crippen LogP) is 2.18. The van der Waals surface area contributed by atoms with Crippen LogP contribution in [0.2, 0.25) is 0 Å². The summed E-state index contributed by atoms with van der Waals surface area (Å²) in [6.07, 6.45) is 4.18. The summed E-state index contributed by atoms with van der Waals surface area (Å²) in [5, 5.41) is 0. The molecule has 1 aliphatic heterocycles. The molecule has 0 spiro atoms. The van der Waals surface area contributed by atoms with Gasteiger partial charge in [-0.3, -0.25) is 0 Å². The molecule has 0 saturated heterocycles. The van der Waals surface area contributed by atoms with Gasteiger partial charge in [-0.1, -0.05) is 6.07 Å². The number of ether oxygens (including phenoxy) is 1. The molecule has 1 heterocycles. The van der Waals surface area contributed by atoms with Crippen molar-refractivity contribution in [2.75, 3.05) is 18.9 Å². The van der Waals surface area contributed by atoms with Gasteiger partial charge < -0.3 is 10.5 Å². The summed E-state index contributed by atoms with van der Waals surface area (Å²) in [6, 6.07) is 6.00. The monoisotopic (exact) mass is 188 g/mol. The molecule has 1 radical (unpaired) electrons. The fourth-order valence-electron chi connectivity index (χ4n) is 1.67. The van der Waals surface area contributed by atoms with Crippen molar-refractivity contribution in [2.24, 2.45) is 0 Å². The van der Waals surface area contributed by atoms with Crippen molar-refractivity contribution in [1.82, 2.24) is 0 Å². The van der Waals surface area contributed by atoms with Crippen LogP contribution in [0.4, 0.5) is 5.69 Å². The third kappa shape index (κ3) is 1.80. The lowest BCUT2D eigenvalue weighted by molar-refractivity contribution is 0.157. The Morgan fingerprint density at radius 3 is 3.00 bits per heavy atom. The van der Waals surface area contributed by atoms with Gasteiger partial charge in [0.15, 0.2) is 0 Å². The van der Waals surface area contributed by atoms with Gasteiger partial charge in [-0.2, -0.15) is 0 Å². The van der Waals surface area contributed by atoms with Crippen molar-refractivity contribution in [3.8, 4) is 0 Å².